The van der Waals surface area contributed by atoms with Crippen molar-refractivity contribution in [3.63, 3.8) is 0 Å². The van der Waals surface area contributed by atoms with Crippen LogP contribution in [0.1, 0.15) is 31.0 Å². The van der Waals surface area contributed by atoms with Gasteiger partial charge in [-0.25, -0.2) is 18.1 Å². The number of nitrogens with zero attached hydrogens (tertiary/aromatic N) is 2. The Labute approximate surface area is 216 Å². The zero-order chi connectivity index (χ0) is 25.0. The first-order valence-electron chi connectivity index (χ1n) is 11.3. The molecule has 2 heterocycles. The van der Waals surface area contributed by atoms with E-state index in [4.69, 9.17) is 32.7 Å². The predicted octanol–water partition coefficient (Wildman–Crippen LogP) is 5.62. The maximum atomic E-state index is 13.0. The number of sulfonamides is 1. The number of hydrogen-bond acceptors (Lipinski definition) is 6. The monoisotopic (exact) mass is 535 g/mol. The molecule has 0 spiro atoms. The maximum absolute atomic E-state index is 13.0. The molecule has 1 atom stereocenters. The van der Waals surface area contributed by atoms with Crippen LogP contribution in [0.5, 0.6) is 11.6 Å². The Bertz CT molecular complexity index is 1300. The zero-order valence-corrected chi connectivity index (χ0v) is 21.8. The van der Waals surface area contributed by atoms with E-state index in [2.05, 4.69) is 14.6 Å². The number of aromatic nitrogens is 1. The van der Waals surface area contributed by atoms with Gasteiger partial charge in [0.25, 0.3) is 0 Å². The molecule has 0 bridgehead atoms. The van der Waals surface area contributed by atoms with E-state index in [0.29, 0.717) is 36.3 Å². The van der Waals surface area contributed by atoms with Crippen LogP contribution in [0.3, 0.4) is 0 Å². The van der Waals surface area contributed by atoms with Crippen LogP contribution in [-0.4, -0.2) is 39.7 Å². The fourth-order valence-electron chi connectivity index (χ4n) is 4.07. The molecule has 0 amide bonds. The van der Waals surface area contributed by atoms with Crippen LogP contribution < -0.4 is 14.4 Å². The molecule has 1 saturated heterocycles. The Morgan fingerprint density at radius 3 is 2.63 bits per heavy atom. The van der Waals surface area contributed by atoms with Gasteiger partial charge in [0.05, 0.1) is 18.2 Å². The molecule has 10 heteroatoms. The minimum absolute atomic E-state index is 0.0288. The van der Waals surface area contributed by atoms with Crippen molar-refractivity contribution in [1.82, 2.24) is 9.71 Å². The molecule has 1 aliphatic rings. The first-order chi connectivity index (χ1) is 16.8. The van der Waals surface area contributed by atoms with E-state index in [9.17, 15) is 8.42 Å². The summed E-state index contributed by atoms with van der Waals surface area (Å²) in [5.74, 6) is 1.11. The molecular weight excluding hydrogens is 509 g/mol. The van der Waals surface area contributed by atoms with Crippen molar-refractivity contribution in [2.45, 2.75) is 31.2 Å². The first-order valence-corrected chi connectivity index (χ1v) is 13.6. The number of benzene rings is 2. The maximum Gasteiger partial charge on any atom is 0.242 e. The second-order valence-electron chi connectivity index (χ2n) is 8.15. The van der Waals surface area contributed by atoms with E-state index in [-0.39, 0.29) is 9.92 Å². The van der Waals surface area contributed by atoms with Gasteiger partial charge in [-0.1, -0.05) is 36.2 Å². The van der Waals surface area contributed by atoms with Crippen molar-refractivity contribution in [1.29, 1.82) is 0 Å². The molecule has 3 aromatic rings. The van der Waals surface area contributed by atoms with Crippen molar-refractivity contribution in [2.24, 2.45) is 0 Å². The highest BCUT2D eigenvalue weighted by atomic mass is 35.5. The normalized spacial score (nSPS) is 15.1. The molecule has 1 aromatic heterocycles. The van der Waals surface area contributed by atoms with Crippen molar-refractivity contribution in [2.75, 3.05) is 31.2 Å². The molecule has 1 aliphatic heterocycles. The Hall–Kier alpha value is -2.36. The van der Waals surface area contributed by atoms with Gasteiger partial charge in [-0.3, -0.25) is 0 Å². The SMILES string of the molecule is CCc1c(C(C)NS(=O)(=O)c2ccc(Cl)cc2Cl)ccnc1Oc1cccc(N2CCOCC2)c1. The number of hydrogen-bond donors (Lipinski definition) is 1. The summed E-state index contributed by atoms with van der Waals surface area (Å²) in [6.07, 6.45) is 2.23. The van der Waals surface area contributed by atoms with Crippen LogP contribution in [0.2, 0.25) is 10.0 Å². The molecule has 1 unspecified atom stereocenters. The van der Waals surface area contributed by atoms with E-state index in [1.165, 1.54) is 18.2 Å². The van der Waals surface area contributed by atoms with E-state index in [1.807, 2.05) is 31.2 Å². The van der Waals surface area contributed by atoms with Crippen molar-refractivity contribution in [3.8, 4) is 11.6 Å². The third-order valence-corrected chi connectivity index (χ3v) is 8.06. The molecule has 35 heavy (non-hydrogen) atoms. The molecule has 0 saturated carbocycles. The lowest BCUT2D eigenvalue weighted by Crippen LogP contribution is -2.36. The van der Waals surface area contributed by atoms with Crippen molar-refractivity contribution < 1.29 is 17.9 Å². The average molecular weight is 536 g/mol. The molecule has 4 rings (SSSR count). The number of rotatable bonds is 8. The van der Waals surface area contributed by atoms with Crippen molar-refractivity contribution >= 4 is 38.9 Å². The molecule has 0 aliphatic carbocycles. The van der Waals surface area contributed by atoms with Crippen LogP contribution >= 0.6 is 23.2 Å². The second-order valence-corrected chi connectivity index (χ2v) is 10.7. The number of halogens is 2. The van der Waals surface area contributed by atoms with Crippen LogP contribution in [0.4, 0.5) is 5.69 Å². The van der Waals surface area contributed by atoms with Crippen LogP contribution in [-0.2, 0) is 21.2 Å². The lowest BCUT2D eigenvalue weighted by molar-refractivity contribution is 0.122. The van der Waals surface area contributed by atoms with Gasteiger partial charge in [-0.2, -0.15) is 0 Å². The lowest BCUT2D eigenvalue weighted by Gasteiger charge is -2.29. The Kier molecular flexibility index (Phi) is 8.19. The summed E-state index contributed by atoms with van der Waals surface area (Å²) in [4.78, 5) is 6.66. The predicted molar refractivity (Wildman–Crippen MR) is 138 cm³/mol. The highest BCUT2D eigenvalue weighted by Crippen LogP contribution is 2.32. The fourth-order valence-corrected chi connectivity index (χ4v) is 6.06. The Balaban J connectivity index is 1.57. The van der Waals surface area contributed by atoms with Crippen LogP contribution in [0, 0.1) is 0 Å². The van der Waals surface area contributed by atoms with Crippen LogP contribution in [0.25, 0.3) is 0 Å². The topological polar surface area (TPSA) is 80.8 Å². The Morgan fingerprint density at radius 1 is 1.14 bits per heavy atom. The van der Waals surface area contributed by atoms with Gasteiger partial charge in [0.1, 0.15) is 10.6 Å². The number of pyridine rings is 1. The van der Waals surface area contributed by atoms with Crippen LogP contribution in [0.15, 0.2) is 59.6 Å². The molecule has 1 N–H and O–H groups in total. The van der Waals surface area contributed by atoms with Gasteiger partial charge in [0.2, 0.25) is 15.9 Å². The summed E-state index contributed by atoms with van der Waals surface area (Å²) in [6.45, 7) is 6.81. The average Bonchev–Trinajstić information content (AvgIpc) is 2.84. The third kappa shape index (κ3) is 6.08. The lowest BCUT2D eigenvalue weighted by atomic mass is 10.0. The summed E-state index contributed by atoms with van der Waals surface area (Å²) in [6, 6.07) is 13.4. The number of morpholine rings is 1. The standard InChI is InChI=1S/C25H27Cl2N3O4S/c1-3-21-22(17(2)29-35(31,32)24-8-7-18(26)15-23(24)27)9-10-28-25(21)34-20-6-4-5-19(16-20)30-11-13-33-14-12-30/h4-10,15-17,29H,3,11-14H2,1-2H3. The minimum atomic E-state index is -3.89. The molecule has 186 valence electrons. The van der Waals surface area contributed by atoms with Gasteiger partial charge >= 0.3 is 0 Å². The number of nitrogens with one attached hydrogen (secondary N) is 1. The number of ether oxygens (including phenoxy) is 2. The van der Waals surface area contributed by atoms with Gasteiger partial charge in [0.15, 0.2) is 0 Å². The third-order valence-electron chi connectivity index (χ3n) is 5.80. The highest BCUT2D eigenvalue weighted by molar-refractivity contribution is 7.89. The van der Waals surface area contributed by atoms with E-state index < -0.39 is 16.1 Å². The largest absolute Gasteiger partial charge is 0.439 e. The summed E-state index contributed by atoms with van der Waals surface area (Å²) < 4.78 is 40.4. The van der Waals surface area contributed by atoms with Gasteiger partial charge in [0, 0.05) is 47.7 Å². The van der Waals surface area contributed by atoms with Gasteiger partial charge < -0.3 is 14.4 Å². The number of anilines is 1. The van der Waals surface area contributed by atoms with Crippen molar-refractivity contribution in [3.05, 3.63) is 75.9 Å². The summed E-state index contributed by atoms with van der Waals surface area (Å²) >= 11 is 12.1. The molecule has 1 fully saturated rings. The Morgan fingerprint density at radius 2 is 1.91 bits per heavy atom. The van der Waals surface area contributed by atoms with E-state index in [0.717, 1.165) is 29.9 Å². The summed E-state index contributed by atoms with van der Waals surface area (Å²) in [7, 11) is -3.89. The minimum Gasteiger partial charge on any atom is -0.439 e. The molecular formula is C25H27Cl2N3O4S. The highest BCUT2D eigenvalue weighted by Gasteiger charge is 2.24. The zero-order valence-electron chi connectivity index (χ0n) is 19.5. The van der Waals surface area contributed by atoms with Gasteiger partial charge in [-0.15, -0.1) is 0 Å². The summed E-state index contributed by atoms with van der Waals surface area (Å²) in [5, 5.41) is 0.427. The smallest absolute Gasteiger partial charge is 0.242 e. The van der Waals surface area contributed by atoms with E-state index >= 15 is 0 Å². The second kappa shape index (κ2) is 11.1. The molecule has 7 nitrogen and oxygen atoms in total. The molecule has 0 radical (unpaired) electrons. The fraction of sp³-hybridized carbons (Fsp3) is 0.320. The van der Waals surface area contributed by atoms with Gasteiger partial charge in [-0.05, 0) is 55.3 Å². The summed E-state index contributed by atoms with van der Waals surface area (Å²) in [5.41, 5.74) is 2.65. The van der Waals surface area contributed by atoms with E-state index in [1.54, 1.807) is 19.2 Å². The quantitative estimate of drug-likeness (QED) is 0.403. The molecule has 2 aromatic carbocycles. The first kappa shape index (κ1) is 25.7.